The van der Waals surface area contributed by atoms with Crippen LogP contribution in [0.5, 0.6) is 0 Å². The van der Waals surface area contributed by atoms with E-state index in [0.29, 0.717) is 16.5 Å². The number of imide groups is 1. The predicted molar refractivity (Wildman–Crippen MR) is 75.6 cm³/mol. The molecule has 2 amide bonds. The molecule has 1 aliphatic rings. The van der Waals surface area contributed by atoms with Crippen LogP contribution in [-0.4, -0.2) is 29.0 Å². The monoisotopic (exact) mass is 285 g/mol. The van der Waals surface area contributed by atoms with Gasteiger partial charge in [0, 0.05) is 17.2 Å². The fourth-order valence-electron chi connectivity index (χ4n) is 2.61. The molecule has 5 nitrogen and oxygen atoms in total. The smallest absolute Gasteiger partial charge is 0.233 e. The Morgan fingerprint density at radius 2 is 1.76 bits per heavy atom. The minimum absolute atomic E-state index is 0.226. The molecule has 2 unspecified atom stereocenters. The number of benzene rings is 1. The zero-order chi connectivity index (χ0) is 15.1. The molecule has 1 aliphatic heterocycles. The third-order valence-corrected chi connectivity index (χ3v) is 4.14. The van der Waals surface area contributed by atoms with Crippen molar-refractivity contribution in [3.8, 4) is 0 Å². The average Bonchev–Trinajstić information content (AvgIpc) is 2.99. The lowest BCUT2D eigenvalue weighted by Crippen LogP contribution is -2.35. The SMILES string of the molecule is CC1C(=O)N(CC(=O)c2coc3ccccc23)C(=O)C1C. The normalized spacial score (nSPS) is 22.3. The predicted octanol–water partition coefficient (Wildman–Crippen LogP) is 2.26. The number of ketones is 1. The van der Waals surface area contributed by atoms with Crippen molar-refractivity contribution in [3.63, 3.8) is 0 Å². The molecule has 0 radical (unpaired) electrons. The Balaban J connectivity index is 1.87. The van der Waals surface area contributed by atoms with E-state index in [0.717, 1.165) is 4.90 Å². The number of rotatable bonds is 3. The summed E-state index contributed by atoms with van der Waals surface area (Å²) in [6.07, 6.45) is 1.38. The van der Waals surface area contributed by atoms with Gasteiger partial charge in [0.1, 0.15) is 11.8 Å². The fraction of sp³-hybridized carbons (Fsp3) is 0.312. The number of para-hydroxylation sites is 1. The van der Waals surface area contributed by atoms with Gasteiger partial charge in [0.15, 0.2) is 5.78 Å². The molecule has 0 spiro atoms. The van der Waals surface area contributed by atoms with Crippen LogP contribution in [0.25, 0.3) is 11.0 Å². The van der Waals surface area contributed by atoms with E-state index in [1.165, 1.54) is 6.26 Å². The number of hydrogen-bond acceptors (Lipinski definition) is 4. The quantitative estimate of drug-likeness (QED) is 0.641. The highest BCUT2D eigenvalue weighted by Crippen LogP contribution is 2.27. The number of likely N-dealkylation sites (tertiary alicyclic amines) is 1. The minimum Gasteiger partial charge on any atom is -0.464 e. The van der Waals surface area contributed by atoms with Crippen LogP contribution in [0.4, 0.5) is 0 Å². The average molecular weight is 285 g/mol. The Hall–Kier alpha value is -2.43. The molecule has 1 fully saturated rings. The molecule has 0 aliphatic carbocycles. The zero-order valence-electron chi connectivity index (χ0n) is 11.8. The summed E-state index contributed by atoms with van der Waals surface area (Å²) in [5, 5.41) is 0.697. The molecule has 0 bridgehead atoms. The topological polar surface area (TPSA) is 67.6 Å². The van der Waals surface area contributed by atoms with Gasteiger partial charge in [-0.05, 0) is 6.07 Å². The van der Waals surface area contributed by atoms with Crippen molar-refractivity contribution in [2.45, 2.75) is 13.8 Å². The molecular weight excluding hydrogens is 270 g/mol. The minimum atomic E-state index is -0.369. The number of carbonyl (C=O) groups is 3. The Bertz CT molecular complexity index is 726. The third kappa shape index (κ3) is 2.05. The van der Waals surface area contributed by atoms with Gasteiger partial charge in [0.2, 0.25) is 11.8 Å². The van der Waals surface area contributed by atoms with Crippen LogP contribution in [0.15, 0.2) is 34.9 Å². The van der Waals surface area contributed by atoms with Gasteiger partial charge in [0.05, 0.1) is 12.1 Å². The molecule has 3 rings (SSSR count). The zero-order valence-corrected chi connectivity index (χ0v) is 11.8. The Morgan fingerprint density at radius 1 is 1.14 bits per heavy atom. The number of Topliss-reactive ketones (excluding diaryl/α,β-unsaturated/α-hetero) is 1. The van der Waals surface area contributed by atoms with Gasteiger partial charge in [-0.15, -0.1) is 0 Å². The summed E-state index contributed by atoms with van der Waals surface area (Å²) in [7, 11) is 0. The van der Waals surface area contributed by atoms with Crippen molar-refractivity contribution in [1.82, 2.24) is 4.90 Å². The number of amides is 2. The van der Waals surface area contributed by atoms with E-state index in [2.05, 4.69) is 0 Å². The molecular formula is C16H15NO4. The largest absolute Gasteiger partial charge is 0.464 e. The van der Waals surface area contributed by atoms with Gasteiger partial charge in [-0.1, -0.05) is 32.0 Å². The van der Waals surface area contributed by atoms with Gasteiger partial charge in [-0.2, -0.15) is 0 Å². The van der Waals surface area contributed by atoms with Crippen LogP contribution in [0.2, 0.25) is 0 Å². The Kier molecular flexibility index (Phi) is 3.12. The lowest BCUT2D eigenvalue weighted by molar-refractivity contribution is -0.139. The Labute approximate surface area is 121 Å². The number of fused-ring (bicyclic) bond motifs is 1. The number of carbonyl (C=O) groups excluding carboxylic acids is 3. The first-order valence-electron chi connectivity index (χ1n) is 6.85. The molecule has 0 N–H and O–H groups in total. The van der Waals surface area contributed by atoms with Gasteiger partial charge < -0.3 is 4.42 Å². The van der Waals surface area contributed by atoms with Crippen LogP contribution in [-0.2, 0) is 9.59 Å². The molecule has 2 atom stereocenters. The number of furan rings is 1. The highest BCUT2D eigenvalue weighted by atomic mass is 16.3. The van der Waals surface area contributed by atoms with Gasteiger partial charge >= 0.3 is 0 Å². The fourth-order valence-corrected chi connectivity index (χ4v) is 2.61. The molecule has 5 heteroatoms. The van der Waals surface area contributed by atoms with Crippen LogP contribution >= 0.6 is 0 Å². The second kappa shape index (κ2) is 4.84. The lowest BCUT2D eigenvalue weighted by Gasteiger charge is -2.12. The molecule has 1 aromatic heterocycles. The molecule has 108 valence electrons. The number of hydrogen-bond donors (Lipinski definition) is 0. The van der Waals surface area contributed by atoms with Crippen molar-refractivity contribution in [2.24, 2.45) is 11.8 Å². The molecule has 2 heterocycles. The summed E-state index contributed by atoms with van der Waals surface area (Å²) < 4.78 is 5.32. The van der Waals surface area contributed by atoms with E-state index in [1.54, 1.807) is 26.0 Å². The van der Waals surface area contributed by atoms with E-state index in [1.807, 2.05) is 12.1 Å². The molecule has 2 aromatic rings. The lowest BCUT2D eigenvalue weighted by atomic mass is 10.00. The van der Waals surface area contributed by atoms with Gasteiger partial charge in [-0.25, -0.2) is 0 Å². The molecule has 21 heavy (non-hydrogen) atoms. The van der Waals surface area contributed by atoms with E-state index in [-0.39, 0.29) is 36.0 Å². The first-order valence-corrected chi connectivity index (χ1v) is 6.85. The van der Waals surface area contributed by atoms with Gasteiger partial charge in [-0.3, -0.25) is 19.3 Å². The number of nitrogens with zero attached hydrogens (tertiary/aromatic N) is 1. The molecule has 0 saturated carbocycles. The summed E-state index contributed by atoms with van der Waals surface area (Å²) in [5.41, 5.74) is 1.01. The maximum absolute atomic E-state index is 12.4. The van der Waals surface area contributed by atoms with E-state index in [9.17, 15) is 14.4 Å². The van der Waals surface area contributed by atoms with Crippen LogP contribution < -0.4 is 0 Å². The summed E-state index contributed by atoms with van der Waals surface area (Å²) >= 11 is 0. The van der Waals surface area contributed by atoms with Crippen molar-refractivity contribution in [1.29, 1.82) is 0 Å². The summed E-state index contributed by atoms with van der Waals surface area (Å²) in [4.78, 5) is 37.5. The summed E-state index contributed by atoms with van der Waals surface area (Å²) in [6.45, 7) is 3.20. The maximum atomic E-state index is 12.4. The highest BCUT2D eigenvalue weighted by Gasteiger charge is 2.43. The van der Waals surface area contributed by atoms with E-state index >= 15 is 0 Å². The van der Waals surface area contributed by atoms with Crippen LogP contribution in [0.1, 0.15) is 24.2 Å². The van der Waals surface area contributed by atoms with Crippen molar-refractivity contribution < 1.29 is 18.8 Å². The van der Waals surface area contributed by atoms with E-state index < -0.39 is 0 Å². The standard InChI is InChI=1S/C16H15NO4/c1-9-10(2)16(20)17(15(9)19)7-13(18)12-8-21-14-6-4-3-5-11(12)14/h3-6,8-10H,7H2,1-2H3. The third-order valence-electron chi connectivity index (χ3n) is 4.14. The highest BCUT2D eigenvalue weighted by molar-refractivity contribution is 6.13. The second-order valence-electron chi connectivity index (χ2n) is 5.41. The van der Waals surface area contributed by atoms with Crippen molar-refractivity contribution in [2.75, 3.05) is 6.54 Å². The first kappa shape index (κ1) is 13.5. The first-order chi connectivity index (χ1) is 10.0. The second-order valence-corrected chi connectivity index (χ2v) is 5.41. The molecule has 1 saturated heterocycles. The van der Waals surface area contributed by atoms with Crippen molar-refractivity contribution in [3.05, 3.63) is 36.1 Å². The molecule has 1 aromatic carbocycles. The van der Waals surface area contributed by atoms with Crippen LogP contribution in [0, 0.1) is 11.8 Å². The van der Waals surface area contributed by atoms with E-state index in [4.69, 9.17) is 4.42 Å². The van der Waals surface area contributed by atoms with Crippen LogP contribution in [0.3, 0.4) is 0 Å². The van der Waals surface area contributed by atoms with Gasteiger partial charge in [0.25, 0.3) is 0 Å². The maximum Gasteiger partial charge on any atom is 0.233 e. The summed E-state index contributed by atoms with van der Waals surface area (Å²) in [5.74, 6) is -1.59. The summed E-state index contributed by atoms with van der Waals surface area (Å²) in [6, 6.07) is 7.18. The Morgan fingerprint density at radius 3 is 2.43 bits per heavy atom. The van der Waals surface area contributed by atoms with Crippen molar-refractivity contribution >= 4 is 28.6 Å².